The van der Waals surface area contributed by atoms with E-state index in [0.29, 0.717) is 6.42 Å². The number of rotatable bonds is 0. The van der Waals surface area contributed by atoms with Gasteiger partial charge in [0.25, 0.3) is 0 Å². The second-order valence-corrected chi connectivity index (χ2v) is 8.59. The van der Waals surface area contributed by atoms with Gasteiger partial charge in [0.05, 0.1) is 0 Å². The van der Waals surface area contributed by atoms with Crippen molar-refractivity contribution in [2.24, 2.45) is 0 Å². The second kappa shape index (κ2) is 13.4. The van der Waals surface area contributed by atoms with Gasteiger partial charge in [-0.1, -0.05) is 11.6 Å². The van der Waals surface area contributed by atoms with Crippen LogP contribution in [0.2, 0.25) is 0 Å². The van der Waals surface area contributed by atoms with E-state index in [1.807, 2.05) is 12.2 Å². The van der Waals surface area contributed by atoms with Crippen molar-refractivity contribution in [2.75, 3.05) is 0 Å². The Balaban J connectivity index is 0.000000252. The molecule has 0 unspecified atom stereocenters. The number of benzene rings is 2. The van der Waals surface area contributed by atoms with E-state index in [9.17, 15) is 8.78 Å². The zero-order valence-corrected chi connectivity index (χ0v) is 20.1. The molecule has 0 bridgehead atoms. The van der Waals surface area contributed by atoms with E-state index < -0.39 is 0 Å². The Morgan fingerprint density at radius 2 is 1.62 bits per heavy atom. The zero-order chi connectivity index (χ0) is 19.1. The number of fused-ring (bicyclic) bond motifs is 3. The molecule has 0 amide bonds. The van der Waals surface area contributed by atoms with Crippen LogP contribution >= 0.6 is 0 Å². The molecule has 0 radical (unpaired) electrons. The molecule has 1 fully saturated rings. The molecule has 2 aromatic carbocycles. The van der Waals surface area contributed by atoms with Crippen LogP contribution in [-0.4, -0.2) is 3.21 Å². The molecule has 0 aromatic heterocycles. The molecular weight excluding hydrogens is 488 g/mol. The van der Waals surface area contributed by atoms with Gasteiger partial charge >= 0.3 is 59.5 Å². The van der Waals surface area contributed by atoms with Crippen molar-refractivity contribution in [3.63, 3.8) is 0 Å². The van der Waals surface area contributed by atoms with Gasteiger partial charge in [0.2, 0.25) is 0 Å². The molecule has 0 aliphatic heterocycles. The summed E-state index contributed by atoms with van der Waals surface area (Å²) in [4.78, 5) is 0. The molecule has 0 saturated heterocycles. The first-order chi connectivity index (χ1) is 13.1. The first-order valence-corrected chi connectivity index (χ1v) is 10.6. The van der Waals surface area contributed by atoms with E-state index >= 15 is 0 Å². The number of hydrogen-bond donors (Lipinski definition) is 0. The first-order valence-electron chi connectivity index (χ1n) is 9.40. The molecule has 3 aliphatic carbocycles. The minimum absolute atomic E-state index is 0. The van der Waals surface area contributed by atoms with Crippen LogP contribution in [0.25, 0.3) is 11.1 Å². The normalized spacial score (nSPS) is 15.0. The van der Waals surface area contributed by atoms with Gasteiger partial charge in [0.1, 0.15) is 5.82 Å². The molecule has 0 atom stereocenters. The van der Waals surface area contributed by atoms with Gasteiger partial charge < -0.3 is 24.8 Å². The Morgan fingerprint density at radius 1 is 0.897 bits per heavy atom. The van der Waals surface area contributed by atoms with Crippen molar-refractivity contribution < 1.29 is 57.8 Å². The molecule has 152 valence electrons. The van der Waals surface area contributed by atoms with Gasteiger partial charge in [-0.25, -0.2) is 16.5 Å². The summed E-state index contributed by atoms with van der Waals surface area (Å²) in [5, 5.41) is 0. The molecular formula is C24H22Cl2F2Zr-2. The van der Waals surface area contributed by atoms with Crippen LogP contribution in [0, 0.1) is 23.8 Å². The van der Waals surface area contributed by atoms with E-state index in [2.05, 4.69) is 18.2 Å². The summed E-state index contributed by atoms with van der Waals surface area (Å²) >= 11 is 1.69. The first kappa shape index (κ1) is 26.1. The van der Waals surface area contributed by atoms with Gasteiger partial charge in [-0.15, -0.1) is 29.7 Å². The maximum absolute atomic E-state index is 13.1. The predicted molar refractivity (Wildman–Crippen MR) is 103 cm³/mol. The summed E-state index contributed by atoms with van der Waals surface area (Å²) in [5.74, 6) is -0.614. The predicted octanol–water partition coefficient (Wildman–Crippen LogP) is 0.320. The molecule has 0 N–H and O–H groups in total. The van der Waals surface area contributed by atoms with E-state index in [-0.39, 0.29) is 36.4 Å². The molecule has 0 heterocycles. The summed E-state index contributed by atoms with van der Waals surface area (Å²) in [5.41, 5.74) is 3.54. The fourth-order valence-electron chi connectivity index (χ4n) is 3.35. The topological polar surface area (TPSA) is 0 Å². The third-order valence-electron chi connectivity index (χ3n) is 4.76. The Morgan fingerprint density at radius 3 is 2.17 bits per heavy atom. The fraction of sp³-hybridized carbons (Fsp3) is 0.292. The van der Waals surface area contributed by atoms with E-state index in [0.717, 1.165) is 28.7 Å². The third-order valence-corrected chi connectivity index (χ3v) is 5.99. The van der Waals surface area contributed by atoms with Gasteiger partial charge in [0.15, 0.2) is 0 Å². The summed E-state index contributed by atoms with van der Waals surface area (Å²) in [6.07, 6.45) is 18.0. The van der Waals surface area contributed by atoms with Crippen molar-refractivity contribution >= 4 is 3.21 Å². The second-order valence-electron chi connectivity index (χ2n) is 6.86. The van der Waals surface area contributed by atoms with Crippen molar-refractivity contribution in [2.45, 2.75) is 44.9 Å². The zero-order valence-electron chi connectivity index (χ0n) is 16.1. The Labute approximate surface area is 199 Å². The van der Waals surface area contributed by atoms with Crippen LogP contribution in [0.5, 0.6) is 0 Å². The minimum atomic E-state index is -0.328. The van der Waals surface area contributed by atoms with Crippen molar-refractivity contribution in [1.82, 2.24) is 0 Å². The molecule has 5 heteroatoms. The molecule has 0 spiro atoms. The standard InChI is InChI=1S/C13H7F2.C6H10.C5H5.2ClH.Zr/c14-10-3-1-8-5-9-2-4-11(15)7-13(9)12(8)6-10;1-2-4-6-5-3-1;1-2-4-5-3-1;;;/h1,3-4,6-7H,5H2;1-5H2;1-3H,4H2;2*1H;/q-1;;-1;;;+2/p-2. The molecule has 3 aliphatic rings. The van der Waals surface area contributed by atoms with Crippen molar-refractivity contribution in [3.05, 3.63) is 83.5 Å². The Kier molecular flexibility index (Phi) is 12.1. The maximum atomic E-state index is 13.1. The van der Waals surface area contributed by atoms with Crippen LogP contribution in [0.3, 0.4) is 0 Å². The third kappa shape index (κ3) is 8.04. The SMILES string of the molecule is Fc1c[c-]c2c(c1)-c1cc(F)ccc1C2.[C-]1=CC=CC1.[Cl-].[Cl-].[Zr+2]=[C]1CCCCC1. The Hall–Kier alpha value is -0.887. The molecule has 0 nitrogen and oxygen atoms in total. The molecule has 2 aromatic rings. The van der Waals surface area contributed by atoms with E-state index in [4.69, 9.17) is 0 Å². The summed E-state index contributed by atoms with van der Waals surface area (Å²) in [7, 11) is 0. The molecule has 5 rings (SSSR count). The summed E-state index contributed by atoms with van der Waals surface area (Å²) in [6, 6.07) is 10.3. The molecule has 29 heavy (non-hydrogen) atoms. The van der Waals surface area contributed by atoms with Crippen LogP contribution in [0.4, 0.5) is 8.78 Å². The summed E-state index contributed by atoms with van der Waals surface area (Å²) in [6.45, 7) is 0. The average Bonchev–Trinajstić information content (AvgIpc) is 3.35. The average molecular weight is 511 g/mol. The number of allylic oxidation sites excluding steroid dienone is 4. The van der Waals surface area contributed by atoms with Gasteiger partial charge in [-0.05, 0) is 24.1 Å². The molecule has 1 saturated carbocycles. The number of halogens is 4. The van der Waals surface area contributed by atoms with Crippen LogP contribution in [0.15, 0.2) is 48.6 Å². The van der Waals surface area contributed by atoms with Gasteiger partial charge in [-0.3, -0.25) is 10.5 Å². The van der Waals surface area contributed by atoms with Crippen LogP contribution in [0.1, 0.15) is 49.7 Å². The monoisotopic (exact) mass is 508 g/mol. The Bertz CT molecular complexity index is 808. The van der Waals surface area contributed by atoms with Crippen LogP contribution in [-0.2, 0) is 30.7 Å². The quantitative estimate of drug-likeness (QED) is 0.383. The van der Waals surface area contributed by atoms with Crippen LogP contribution < -0.4 is 24.8 Å². The fourth-order valence-corrected chi connectivity index (χ4v) is 4.22. The number of hydrogen-bond acceptors (Lipinski definition) is 0. The van der Waals surface area contributed by atoms with Crippen molar-refractivity contribution in [3.8, 4) is 11.1 Å². The van der Waals surface area contributed by atoms with Gasteiger partial charge in [0, 0.05) is 5.82 Å². The van der Waals surface area contributed by atoms with Gasteiger partial charge in [-0.2, -0.15) is 12.1 Å². The van der Waals surface area contributed by atoms with E-state index in [1.54, 1.807) is 33.5 Å². The van der Waals surface area contributed by atoms with Crippen molar-refractivity contribution in [1.29, 1.82) is 0 Å². The van der Waals surface area contributed by atoms with E-state index in [1.165, 1.54) is 56.4 Å². The summed E-state index contributed by atoms with van der Waals surface area (Å²) < 4.78 is 27.9.